The number of pyridine rings is 1. The molecule has 1 aromatic carbocycles. The number of hydrogen-bond donors (Lipinski definition) is 3. The van der Waals surface area contributed by atoms with Crippen LogP contribution in [-0.2, 0) is 6.54 Å². The Balaban J connectivity index is 1.37. The average Bonchev–Trinajstić information content (AvgIpc) is 3.36. The molecule has 0 unspecified atom stereocenters. The predicted molar refractivity (Wildman–Crippen MR) is 143 cm³/mol. The smallest absolute Gasteiger partial charge is 0.257 e. The zero-order valence-electron chi connectivity index (χ0n) is 20.7. The van der Waals surface area contributed by atoms with Crippen molar-refractivity contribution < 1.29 is 4.79 Å². The number of rotatable bonds is 7. The summed E-state index contributed by atoms with van der Waals surface area (Å²) in [5.41, 5.74) is 4.92. The van der Waals surface area contributed by atoms with Crippen molar-refractivity contribution in [3.63, 3.8) is 0 Å². The number of piperazine rings is 1. The van der Waals surface area contributed by atoms with Gasteiger partial charge in [0, 0.05) is 62.6 Å². The maximum Gasteiger partial charge on any atom is 0.257 e. The Morgan fingerprint density at radius 2 is 1.94 bits per heavy atom. The summed E-state index contributed by atoms with van der Waals surface area (Å²) in [6.07, 6.45) is 9.22. The SMILES string of the molecule is CCN1CCN(Cc2ccc(NC(=O)c3cncc(C#Cc4cnc(/C=C\C=N)[nH]4)c3)cc2C)CC1. The fourth-order valence-electron chi connectivity index (χ4n) is 4.05. The quantitative estimate of drug-likeness (QED) is 0.354. The van der Waals surface area contributed by atoms with Gasteiger partial charge in [-0.2, -0.15) is 0 Å². The molecule has 2 aromatic heterocycles. The van der Waals surface area contributed by atoms with Crippen LogP contribution in [0.4, 0.5) is 5.69 Å². The number of imidazole rings is 1. The lowest BCUT2D eigenvalue weighted by Crippen LogP contribution is -2.45. The average molecular weight is 482 g/mol. The van der Waals surface area contributed by atoms with E-state index in [1.807, 2.05) is 12.1 Å². The number of carbonyl (C=O) groups is 1. The van der Waals surface area contributed by atoms with Crippen LogP contribution >= 0.6 is 0 Å². The summed E-state index contributed by atoms with van der Waals surface area (Å²) in [7, 11) is 0. The maximum atomic E-state index is 12.9. The largest absolute Gasteiger partial charge is 0.332 e. The number of anilines is 1. The summed E-state index contributed by atoms with van der Waals surface area (Å²) in [5, 5.41) is 10.0. The first-order valence-corrected chi connectivity index (χ1v) is 12.1. The molecule has 0 radical (unpaired) electrons. The van der Waals surface area contributed by atoms with Gasteiger partial charge in [0.2, 0.25) is 0 Å². The lowest BCUT2D eigenvalue weighted by atomic mass is 10.1. The van der Waals surface area contributed by atoms with Crippen LogP contribution in [0.1, 0.15) is 45.5 Å². The number of aromatic amines is 1. The van der Waals surface area contributed by atoms with E-state index in [9.17, 15) is 4.79 Å². The first-order chi connectivity index (χ1) is 17.5. The van der Waals surface area contributed by atoms with E-state index in [-0.39, 0.29) is 5.91 Å². The molecule has 1 amide bonds. The van der Waals surface area contributed by atoms with E-state index in [0.29, 0.717) is 22.6 Å². The molecule has 0 bridgehead atoms. The van der Waals surface area contributed by atoms with Gasteiger partial charge in [-0.1, -0.05) is 18.9 Å². The summed E-state index contributed by atoms with van der Waals surface area (Å²) in [6.45, 7) is 10.8. The molecule has 3 aromatic rings. The minimum absolute atomic E-state index is 0.227. The van der Waals surface area contributed by atoms with Gasteiger partial charge in [-0.05, 0) is 60.9 Å². The molecule has 1 aliphatic rings. The van der Waals surface area contributed by atoms with Crippen LogP contribution in [0.15, 0.2) is 48.9 Å². The van der Waals surface area contributed by atoms with Crippen LogP contribution in [0.5, 0.6) is 0 Å². The molecule has 0 spiro atoms. The molecule has 36 heavy (non-hydrogen) atoms. The van der Waals surface area contributed by atoms with Crippen molar-refractivity contribution in [1.29, 1.82) is 5.41 Å². The van der Waals surface area contributed by atoms with E-state index in [0.717, 1.165) is 50.5 Å². The van der Waals surface area contributed by atoms with Crippen molar-refractivity contribution in [2.24, 2.45) is 0 Å². The van der Waals surface area contributed by atoms with Gasteiger partial charge < -0.3 is 20.6 Å². The number of likely N-dealkylation sites (N-methyl/N-ethyl adjacent to an activating group) is 1. The molecule has 3 N–H and O–H groups in total. The minimum atomic E-state index is -0.227. The second-order valence-electron chi connectivity index (χ2n) is 8.73. The molecular formula is C28H31N7O. The molecule has 0 saturated carbocycles. The Labute approximate surface area is 212 Å². The number of hydrogen-bond acceptors (Lipinski definition) is 6. The van der Waals surface area contributed by atoms with Crippen LogP contribution in [0.2, 0.25) is 0 Å². The highest BCUT2D eigenvalue weighted by Gasteiger charge is 2.16. The van der Waals surface area contributed by atoms with E-state index < -0.39 is 0 Å². The van der Waals surface area contributed by atoms with Gasteiger partial charge in [0.15, 0.2) is 0 Å². The third kappa shape index (κ3) is 6.75. The predicted octanol–water partition coefficient (Wildman–Crippen LogP) is 3.57. The Bertz CT molecular complexity index is 1310. The van der Waals surface area contributed by atoms with Crippen LogP contribution in [0.25, 0.3) is 6.08 Å². The molecule has 1 saturated heterocycles. The summed E-state index contributed by atoms with van der Waals surface area (Å²) in [4.78, 5) is 29.2. The normalized spacial score (nSPS) is 14.4. The first-order valence-electron chi connectivity index (χ1n) is 12.1. The second kappa shape index (κ2) is 12.1. The standard InChI is InChI=1S/C28H31N7O/c1-3-34-11-13-35(14-12-34)20-23-7-9-25(15-21(23)2)33-28(36)24-16-22(17-30-18-24)6-8-26-19-31-27(32-26)5-4-10-29/h4-5,7,9-10,15-19,29H,3,11-14,20H2,1-2H3,(H,31,32)(H,33,36)/b5-4-,29-10?. The highest BCUT2D eigenvalue weighted by Crippen LogP contribution is 2.19. The summed E-state index contributed by atoms with van der Waals surface area (Å²) in [6, 6.07) is 7.81. The molecular weight excluding hydrogens is 450 g/mol. The molecule has 8 heteroatoms. The Morgan fingerprint density at radius 3 is 2.69 bits per heavy atom. The molecule has 1 aliphatic heterocycles. The van der Waals surface area contributed by atoms with E-state index in [1.54, 1.807) is 30.6 Å². The molecule has 8 nitrogen and oxygen atoms in total. The van der Waals surface area contributed by atoms with Crippen LogP contribution in [-0.4, -0.2) is 69.6 Å². The number of aryl methyl sites for hydroxylation is 1. The van der Waals surface area contributed by atoms with E-state index >= 15 is 0 Å². The van der Waals surface area contributed by atoms with Crippen molar-refractivity contribution >= 4 is 23.9 Å². The maximum absolute atomic E-state index is 12.9. The van der Waals surface area contributed by atoms with E-state index in [2.05, 4.69) is 61.8 Å². The van der Waals surface area contributed by atoms with Crippen molar-refractivity contribution in [3.8, 4) is 11.8 Å². The molecule has 3 heterocycles. The fraction of sp³-hybridized carbons (Fsp3) is 0.286. The van der Waals surface area contributed by atoms with Crippen molar-refractivity contribution in [1.82, 2.24) is 24.8 Å². The van der Waals surface area contributed by atoms with Gasteiger partial charge in [0.05, 0.1) is 11.8 Å². The lowest BCUT2D eigenvalue weighted by Gasteiger charge is -2.34. The summed E-state index contributed by atoms with van der Waals surface area (Å²) < 4.78 is 0. The highest BCUT2D eigenvalue weighted by atomic mass is 16.1. The summed E-state index contributed by atoms with van der Waals surface area (Å²) in [5.74, 6) is 6.39. The van der Waals surface area contributed by atoms with Crippen molar-refractivity contribution in [2.75, 3.05) is 38.0 Å². The van der Waals surface area contributed by atoms with Gasteiger partial charge in [0.25, 0.3) is 5.91 Å². The topological polar surface area (TPSA) is 101 Å². The molecule has 0 atom stereocenters. The van der Waals surface area contributed by atoms with Gasteiger partial charge in [-0.25, -0.2) is 4.98 Å². The van der Waals surface area contributed by atoms with Gasteiger partial charge >= 0.3 is 0 Å². The van der Waals surface area contributed by atoms with E-state index in [1.165, 1.54) is 18.0 Å². The zero-order valence-corrected chi connectivity index (χ0v) is 20.7. The number of amides is 1. The fourth-order valence-corrected chi connectivity index (χ4v) is 4.05. The Hall–Kier alpha value is -4.06. The molecule has 1 fully saturated rings. The minimum Gasteiger partial charge on any atom is -0.332 e. The lowest BCUT2D eigenvalue weighted by molar-refractivity contribution is 0.102. The third-order valence-electron chi connectivity index (χ3n) is 6.19. The van der Waals surface area contributed by atoms with Crippen molar-refractivity contribution in [2.45, 2.75) is 20.4 Å². The number of aromatic nitrogens is 3. The van der Waals surface area contributed by atoms with Crippen LogP contribution in [0.3, 0.4) is 0 Å². The van der Waals surface area contributed by atoms with Crippen LogP contribution in [0, 0.1) is 24.2 Å². The second-order valence-corrected chi connectivity index (χ2v) is 8.73. The number of carbonyl (C=O) groups excluding carboxylic acids is 1. The number of allylic oxidation sites excluding steroid dienone is 1. The van der Waals surface area contributed by atoms with E-state index in [4.69, 9.17) is 5.41 Å². The molecule has 184 valence electrons. The molecule has 0 aliphatic carbocycles. The third-order valence-corrected chi connectivity index (χ3v) is 6.19. The van der Waals surface area contributed by atoms with Crippen molar-refractivity contribution in [3.05, 3.63) is 82.7 Å². The Kier molecular flexibility index (Phi) is 8.40. The monoisotopic (exact) mass is 481 g/mol. The number of benzene rings is 1. The first kappa shape index (κ1) is 25.0. The van der Waals surface area contributed by atoms with Gasteiger partial charge in [-0.15, -0.1) is 0 Å². The zero-order chi connectivity index (χ0) is 25.3. The number of nitrogens with one attached hydrogen (secondary N) is 3. The van der Waals surface area contributed by atoms with Gasteiger partial charge in [0.1, 0.15) is 11.5 Å². The number of H-pyrrole nitrogens is 1. The molecule has 4 rings (SSSR count). The number of nitrogens with zero attached hydrogens (tertiary/aromatic N) is 4. The van der Waals surface area contributed by atoms with Gasteiger partial charge in [-0.3, -0.25) is 14.7 Å². The Morgan fingerprint density at radius 1 is 1.14 bits per heavy atom. The highest BCUT2D eigenvalue weighted by molar-refractivity contribution is 6.04. The van der Waals surface area contributed by atoms with Crippen LogP contribution < -0.4 is 5.32 Å². The summed E-state index contributed by atoms with van der Waals surface area (Å²) >= 11 is 0.